The minimum atomic E-state index is -3.87. The van der Waals surface area contributed by atoms with Gasteiger partial charge in [0.05, 0.1) is 23.7 Å². The van der Waals surface area contributed by atoms with Gasteiger partial charge in [0.15, 0.2) is 9.84 Å². The number of likely N-dealkylation sites (tertiary alicyclic amines) is 1. The van der Waals surface area contributed by atoms with E-state index in [2.05, 4.69) is 4.98 Å². The number of hydrogen-bond donors (Lipinski definition) is 3. The molecule has 1 aliphatic rings. The monoisotopic (exact) mass is 605 g/mol. The molecule has 0 aliphatic carbocycles. The van der Waals surface area contributed by atoms with Gasteiger partial charge in [0.25, 0.3) is 0 Å². The number of hydrogen-bond acceptors (Lipinski definition) is 7. The van der Waals surface area contributed by atoms with E-state index in [1.165, 1.54) is 7.11 Å². The van der Waals surface area contributed by atoms with Crippen LogP contribution in [0, 0.1) is 17.2 Å². The Labute approximate surface area is 252 Å². The van der Waals surface area contributed by atoms with Crippen molar-refractivity contribution in [1.29, 1.82) is 5.41 Å². The highest BCUT2D eigenvalue weighted by Crippen LogP contribution is 2.28. The van der Waals surface area contributed by atoms with Gasteiger partial charge in [-0.2, -0.15) is 0 Å². The predicted octanol–water partition coefficient (Wildman–Crippen LogP) is 3.57. The van der Waals surface area contributed by atoms with Crippen LogP contribution in [0.2, 0.25) is 0 Å². The van der Waals surface area contributed by atoms with E-state index in [0.29, 0.717) is 42.4 Å². The SMILES string of the molecule is COc1ccc(-c2cccc(S(=O)(=O)C[C@@H](Cc3cccc(C(=N)N)c3)C(=O)N3CCC(CCCC(N)=O)CC3)c2)cn1. The summed E-state index contributed by atoms with van der Waals surface area (Å²) in [5.74, 6) is -0.950. The number of amidine groups is 1. The molecule has 5 N–H and O–H groups in total. The van der Waals surface area contributed by atoms with Crippen LogP contribution in [0.3, 0.4) is 0 Å². The van der Waals surface area contributed by atoms with E-state index in [9.17, 15) is 18.0 Å². The number of benzene rings is 2. The largest absolute Gasteiger partial charge is 0.481 e. The zero-order chi connectivity index (χ0) is 31.0. The lowest BCUT2D eigenvalue weighted by Gasteiger charge is -2.34. The summed E-state index contributed by atoms with van der Waals surface area (Å²) < 4.78 is 32.7. The molecule has 3 aromatic rings. The van der Waals surface area contributed by atoms with Crippen LogP contribution < -0.4 is 16.2 Å². The third kappa shape index (κ3) is 8.63. The van der Waals surface area contributed by atoms with Crippen LogP contribution in [-0.4, -0.2) is 61.9 Å². The Kier molecular flexibility index (Phi) is 10.5. The maximum Gasteiger partial charge on any atom is 0.227 e. The van der Waals surface area contributed by atoms with E-state index in [-0.39, 0.29) is 34.7 Å². The van der Waals surface area contributed by atoms with Crippen molar-refractivity contribution in [3.05, 3.63) is 78.0 Å². The van der Waals surface area contributed by atoms with Crippen LogP contribution in [0.4, 0.5) is 0 Å². The molecule has 0 saturated carbocycles. The van der Waals surface area contributed by atoms with E-state index in [1.807, 2.05) is 18.2 Å². The molecule has 43 heavy (non-hydrogen) atoms. The number of carbonyl (C=O) groups excluding carboxylic acids is 2. The van der Waals surface area contributed by atoms with E-state index in [0.717, 1.165) is 36.8 Å². The minimum absolute atomic E-state index is 0.0967. The molecule has 0 radical (unpaired) electrons. The topological polar surface area (TPSA) is 170 Å². The fourth-order valence-corrected chi connectivity index (χ4v) is 7.11. The third-order valence-corrected chi connectivity index (χ3v) is 9.74. The van der Waals surface area contributed by atoms with Gasteiger partial charge >= 0.3 is 0 Å². The summed E-state index contributed by atoms with van der Waals surface area (Å²) in [6.07, 6.45) is 5.36. The Morgan fingerprint density at radius 3 is 2.44 bits per heavy atom. The lowest BCUT2D eigenvalue weighted by Crippen LogP contribution is -2.44. The minimum Gasteiger partial charge on any atom is -0.481 e. The van der Waals surface area contributed by atoms with E-state index in [1.54, 1.807) is 53.6 Å². The molecule has 2 amide bonds. The third-order valence-electron chi connectivity index (χ3n) is 7.92. The number of aromatic nitrogens is 1. The number of nitrogens with zero attached hydrogens (tertiary/aromatic N) is 2. The van der Waals surface area contributed by atoms with Crippen LogP contribution in [0.25, 0.3) is 11.1 Å². The van der Waals surface area contributed by atoms with E-state index < -0.39 is 15.8 Å². The van der Waals surface area contributed by atoms with Gasteiger partial charge in [-0.15, -0.1) is 0 Å². The lowest BCUT2D eigenvalue weighted by molar-refractivity contribution is -0.136. The number of nitrogen functional groups attached to an aromatic ring is 1. The summed E-state index contributed by atoms with van der Waals surface area (Å²) in [6, 6.07) is 17.2. The zero-order valence-corrected chi connectivity index (χ0v) is 25.2. The second-order valence-electron chi connectivity index (χ2n) is 11.0. The van der Waals surface area contributed by atoms with E-state index in [4.69, 9.17) is 21.6 Å². The molecule has 2 heterocycles. The normalized spacial score (nSPS) is 14.7. The molecule has 0 spiro atoms. The Morgan fingerprint density at radius 2 is 1.79 bits per heavy atom. The fraction of sp³-hybridized carbons (Fsp3) is 0.375. The molecule has 1 aromatic heterocycles. The van der Waals surface area contributed by atoms with Gasteiger partial charge in [-0.1, -0.05) is 30.3 Å². The van der Waals surface area contributed by atoms with Crippen molar-refractivity contribution in [3.63, 3.8) is 0 Å². The standard InChI is InChI=1S/C32H39N5O5S/c1-42-30-12-11-26(20-36-30)24-7-4-9-28(19-24)43(40,41)21-27(18-23-6-2-8-25(17-23)31(34)35)32(39)37-15-13-22(14-16-37)5-3-10-29(33)38/h2,4,6-9,11-12,17,19-20,22,27H,3,5,10,13-16,18,21H2,1H3,(H2,33,38)(H3,34,35)/t27-/m1/s1. The van der Waals surface area contributed by atoms with Gasteiger partial charge in [-0.3, -0.25) is 15.0 Å². The van der Waals surface area contributed by atoms with Crippen molar-refractivity contribution in [2.45, 2.75) is 43.4 Å². The van der Waals surface area contributed by atoms with E-state index >= 15 is 0 Å². The number of rotatable bonds is 13. The second-order valence-corrected chi connectivity index (χ2v) is 13.1. The first-order valence-corrected chi connectivity index (χ1v) is 16.0. The van der Waals surface area contributed by atoms with Crippen molar-refractivity contribution in [2.24, 2.45) is 23.3 Å². The molecule has 0 bridgehead atoms. The Hall–Kier alpha value is -4.25. The van der Waals surface area contributed by atoms with Gasteiger partial charge in [0.2, 0.25) is 17.7 Å². The molecule has 228 valence electrons. The number of pyridine rings is 1. The van der Waals surface area contributed by atoms with Crippen molar-refractivity contribution < 1.29 is 22.7 Å². The maximum absolute atomic E-state index is 13.9. The quantitative estimate of drug-likeness (QED) is 0.198. The molecule has 1 atom stereocenters. The summed E-state index contributed by atoms with van der Waals surface area (Å²) in [4.78, 5) is 31.1. The Bertz CT molecular complexity index is 1550. The van der Waals surface area contributed by atoms with Crippen molar-refractivity contribution in [2.75, 3.05) is 26.0 Å². The molecule has 4 rings (SSSR count). The highest BCUT2D eigenvalue weighted by Gasteiger charge is 2.32. The number of piperidine rings is 1. The molecule has 11 heteroatoms. The molecular formula is C32H39N5O5S. The number of ether oxygens (including phenoxy) is 1. The van der Waals surface area contributed by atoms with Crippen LogP contribution in [0.15, 0.2) is 71.8 Å². The number of primary amides is 1. The Morgan fingerprint density at radius 1 is 1.05 bits per heavy atom. The van der Waals surface area contributed by atoms with Crippen LogP contribution >= 0.6 is 0 Å². The molecule has 1 fully saturated rings. The molecule has 2 aromatic carbocycles. The van der Waals surface area contributed by atoms with Crippen molar-refractivity contribution >= 4 is 27.5 Å². The number of nitrogens with two attached hydrogens (primary N) is 2. The first-order chi connectivity index (χ1) is 20.6. The Balaban J connectivity index is 1.55. The van der Waals surface area contributed by atoms with Crippen LogP contribution in [0.5, 0.6) is 5.88 Å². The maximum atomic E-state index is 13.9. The summed E-state index contributed by atoms with van der Waals surface area (Å²) in [7, 11) is -2.34. The number of amides is 2. The lowest BCUT2D eigenvalue weighted by atomic mass is 9.90. The molecule has 10 nitrogen and oxygen atoms in total. The summed E-state index contributed by atoms with van der Waals surface area (Å²) >= 11 is 0. The predicted molar refractivity (Wildman–Crippen MR) is 165 cm³/mol. The number of sulfone groups is 1. The number of carbonyl (C=O) groups is 2. The van der Waals surface area contributed by atoms with Gasteiger partial charge in [-0.05, 0) is 73.4 Å². The van der Waals surface area contributed by atoms with Gasteiger partial charge in [-0.25, -0.2) is 13.4 Å². The summed E-state index contributed by atoms with van der Waals surface area (Å²) in [5.41, 5.74) is 13.6. The molecular weight excluding hydrogens is 566 g/mol. The molecule has 1 saturated heterocycles. The van der Waals surface area contributed by atoms with Gasteiger partial charge in [0.1, 0.15) is 5.84 Å². The highest BCUT2D eigenvalue weighted by atomic mass is 32.2. The first-order valence-electron chi connectivity index (χ1n) is 14.4. The van der Waals surface area contributed by atoms with Gasteiger partial charge in [0, 0.05) is 42.9 Å². The molecule has 1 aliphatic heterocycles. The second kappa shape index (κ2) is 14.3. The highest BCUT2D eigenvalue weighted by molar-refractivity contribution is 7.91. The van der Waals surface area contributed by atoms with Crippen LogP contribution in [0.1, 0.15) is 43.2 Å². The van der Waals surface area contributed by atoms with Gasteiger partial charge < -0.3 is 21.1 Å². The number of methoxy groups -OCH3 is 1. The first kappa shape index (κ1) is 31.7. The molecule has 0 unspecified atom stereocenters. The smallest absolute Gasteiger partial charge is 0.227 e. The average molecular weight is 606 g/mol. The summed E-state index contributed by atoms with van der Waals surface area (Å²) in [6.45, 7) is 1.06. The van der Waals surface area contributed by atoms with Crippen molar-refractivity contribution in [3.8, 4) is 17.0 Å². The average Bonchev–Trinajstić information content (AvgIpc) is 3.00. The van der Waals surface area contributed by atoms with Crippen molar-refractivity contribution in [1.82, 2.24) is 9.88 Å². The zero-order valence-electron chi connectivity index (χ0n) is 24.4. The fourth-order valence-electron chi connectivity index (χ4n) is 5.54. The number of nitrogens with one attached hydrogen (secondary N) is 1. The van der Waals surface area contributed by atoms with Crippen LogP contribution in [-0.2, 0) is 25.8 Å². The summed E-state index contributed by atoms with van der Waals surface area (Å²) in [5, 5.41) is 7.79.